The Balaban J connectivity index is 2.20. The van der Waals surface area contributed by atoms with Crippen molar-refractivity contribution in [3.05, 3.63) is 28.8 Å². The lowest BCUT2D eigenvalue weighted by atomic mass is 9.68. The summed E-state index contributed by atoms with van der Waals surface area (Å²) in [4.78, 5) is 12.2. The Kier molecular flexibility index (Phi) is 3.44. The van der Waals surface area contributed by atoms with Crippen molar-refractivity contribution in [3.8, 4) is 0 Å². The molecule has 0 aromatic heterocycles. The molecule has 18 heavy (non-hydrogen) atoms. The fraction of sp³-hybridized carbons (Fsp3) is 0.533. The molecule has 0 atom stereocenters. The van der Waals surface area contributed by atoms with Crippen molar-refractivity contribution in [2.75, 3.05) is 11.9 Å². The van der Waals surface area contributed by atoms with Crippen molar-refractivity contribution < 1.29 is 9.90 Å². The zero-order valence-corrected chi connectivity index (χ0v) is 11.3. The van der Waals surface area contributed by atoms with E-state index in [-0.39, 0.29) is 12.5 Å². The number of carbonyl (C=O) groups excluding carboxylic acids is 1. The van der Waals surface area contributed by atoms with Gasteiger partial charge in [-0.15, -0.1) is 0 Å². The molecule has 0 unspecified atom stereocenters. The molecule has 0 radical (unpaired) electrons. The number of amides is 1. The quantitative estimate of drug-likeness (QED) is 0.862. The predicted molar refractivity (Wildman–Crippen MR) is 72.7 cm³/mol. The summed E-state index contributed by atoms with van der Waals surface area (Å²) in [7, 11) is 0. The minimum atomic E-state index is -0.536. The number of carbonyl (C=O) groups is 1. The van der Waals surface area contributed by atoms with Crippen LogP contribution in [0.4, 0.5) is 5.69 Å². The Morgan fingerprint density at radius 3 is 2.44 bits per heavy atom. The van der Waals surface area contributed by atoms with Gasteiger partial charge in [0.25, 0.3) is 0 Å². The van der Waals surface area contributed by atoms with Gasteiger partial charge in [0.2, 0.25) is 5.91 Å². The molecule has 0 spiro atoms. The number of rotatable bonds is 3. The maximum absolute atomic E-state index is 12.2. The summed E-state index contributed by atoms with van der Waals surface area (Å²) >= 11 is 0. The van der Waals surface area contributed by atoms with Crippen molar-refractivity contribution in [2.24, 2.45) is 5.41 Å². The lowest BCUT2D eigenvalue weighted by molar-refractivity contribution is -0.133. The maximum atomic E-state index is 12.2. The van der Waals surface area contributed by atoms with Crippen molar-refractivity contribution in [1.29, 1.82) is 0 Å². The van der Waals surface area contributed by atoms with E-state index in [1.807, 2.05) is 19.1 Å². The summed E-state index contributed by atoms with van der Waals surface area (Å²) in [5.74, 6) is -0.0393. The highest BCUT2D eigenvalue weighted by molar-refractivity contribution is 5.96. The number of hydrogen-bond donors (Lipinski definition) is 2. The molecule has 1 aromatic rings. The first-order chi connectivity index (χ1) is 8.50. The highest BCUT2D eigenvalue weighted by atomic mass is 16.3. The van der Waals surface area contributed by atoms with E-state index >= 15 is 0 Å². The molecule has 1 aliphatic rings. The molecular formula is C15H21NO2. The van der Waals surface area contributed by atoms with Crippen molar-refractivity contribution in [2.45, 2.75) is 40.0 Å². The Labute approximate surface area is 108 Å². The monoisotopic (exact) mass is 247 g/mol. The summed E-state index contributed by atoms with van der Waals surface area (Å²) in [5.41, 5.74) is 3.87. The van der Waals surface area contributed by atoms with E-state index in [4.69, 9.17) is 0 Å². The molecule has 0 bridgehead atoms. The molecular weight excluding hydrogens is 226 g/mol. The Morgan fingerprint density at radius 1 is 1.28 bits per heavy atom. The first-order valence-electron chi connectivity index (χ1n) is 6.49. The van der Waals surface area contributed by atoms with Crippen LogP contribution < -0.4 is 5.32 Å². The van der Waals surface area contributed by atoms with Crippen molar-refractivity contribution in [1.82, 2.24) is 0 Å². The van der Waals surface area contributed by atoms with Gasteiger partial charge in [-0.2, -0.15) is 0 Å². The highest BCUT2D eigenvalue weighted by Gasteiger charge is 2.43. The van der Waals surface area contributed by atoms with Crippen LogP contribution in [0.25, 0.3) is 0 Å². The van der Waals surface area contributed by atoms with Crippen LogP contribution in [0, 0.1) is 26.2 Å². The van der Waals surface area contributed by atoms with Crippen LogP contribution in [0.5, 0.6) is 0 Å². The van der Waals surface area contributed by atoms with Crippen LogP contribution in [-0.4, -0.2) is 17.6 Å². The predicted octanol–water partition coefficient (Wildman–Crippen LogP) is 2.71. The maximum Gasteiger partial charge on any atom is 0.232 e. The third-order valence-corrected chi connectivity index (χ3v) is 4.40. The molecule has 2 rings (SSSR count). The molecule has 3 heteroatoms. The van der Waals surface area contributed by atoms with Crippen LogP contribution in [0.3, 0.4) is 0 Å². The molecule has 1 aromatic carbocycles. The Hall–Kier alpha value is -1.35. The van der Waals surface area contributed by atoms with E-state index in [0.29, 0.717) is 0 Å². The summed E-state index contributed by atoms with van der Waals surface area (Å²) in [6.45, 7) is 6.09. The molecule has 0 saturated heterocycles. The van der Waals surface area contributed by atoms with Gasteiger partial charge in [-0.1, -0.05) is 12.5 Å². The zero-order chi connectivity index (χ0) is 13.3. The SMILES string of the molecule is Cc1ccc(NC(=O)C2(CO)CCC2)c(C)c1C. The highest BCUT2D eigenvalue weighted by Crippen LogP contribution is 2.41. The lowest BCUT2D eigenvalue weighted by Crippen LogP contribution is -2.44. The van der Waals surface area contributed by atoms with Crippen LogP contribution >= 0.6 is 0 Å². The summed E-state index contributed by atoms with van der Waals surface area (Å²) < 4.78 is 0. The van der Waals surface area contributed by atoms with Crippen LogP contribution in [0.2, 0.25) is 0 Å². The smallest absolute Gasteiger partial charge is 0.232 e. The number of benzene rings is 1. The van der Waals surface area contributed by atoms with Gasteiger partial charge >= 0.3 is 0 Å². The minimum absolute atomic E-state index is 0.0393. The normalized spacial score (nSPS) is 17.1. The molecule has 0 heterocycles. The summed E-state index contributed by atoms with van der Waals surface area (Å²) in [6.07, 6.45) is 2.61. The number of aliphatic hydroxyl groups excluding tert-OH is 1. The zero-order valence-electron chi connectivity index (χ0n) is 11.3. The molecule has 1 amide bonds. The summed E-state index contributed by atoms with van der Waals surface area (Å²) in [5, 5.41) is 12.4. The molecule has 1 saturated carbocycles. The van der Waals surface area contributed by atoms with E-state index in [2.05, 4.69) is 19.2 Å². The van der Waals surface area contributed by atoms with Gasteiger partial charge in [-0.3, -0.25) is 4.79 Å². The van der Waals surface area contributed by atoms with E-state index < -0.39 is 5.41 Å². The fourth-order valence-corrected chi connectivity index (χ4v) is 2.41. The molecule has 2 N–H and O–H groups in total. The molecule has 3 nitrogen and oxygen atoms in total. The fourth-order valence-electron chi connectivity index (χ4n) is 2.41. The molecule has 98 valence electrons. The lowest BCUT2D eigenvalue weighted by Gasteiger charge is -2.38. The number of nitrogens with one attached hydrogen (secondary N) is 1. The number of hydrogen-bond acceptors (Lipinski definition) is 2. The second kappa shape index (κ2) is 4.73. The van der Waals surface area contributed by atoms with Gasteiger partial charge in [0.05, 0.1) is 12.0 Å². The first-order valence-corrected chi connectivity index (χ1v) is 6.49. The minimum Gasteiger partial charge on any atom is -0.395 e. The molecule has 1 fully saturated rings. The number of anilines is 1. The van der Waals surface area contributed by atoms with Gasteiger partial charge in [0, 0.05) is 5.69 Å². The van der Waals surface area contributed by atoms with Gasteiger partial charge in [0.15, 0.2) is 0 Å². The van der Waals surface area contributed by atoms with Crippen LogP contribution in [0.15, 0.2) is 12.1 Å². The van der Waals surface area contributed by atoms with Crippen LogP contribution in [-0.2, 0) is 4.79 Å². The van der Waals surface area contributed by atoms with Gasteiger partial charge in [-0.05, 0) is 56.4 Å². The second-order valence-corrected chi connectivity index (χ2v) is 5.43. The van der Waals surface area contributed by atoms with E-state index in [1.165, 1.54) is 11.1 Å². The molecule has 0 aliphatic heterocycles. The van der Waals surface area contributed by atoms with Gasteiger partial charge in [-0.25, -0.2) is 0 Å². The number of aliphatic hydroxyl groups is 1. The largest absolute Gasteiger partial charge is 0.395 e. The third kappa shape index (κ3) is 2.03. The standard InChI is InChI=1S/C15H21NO2/c1-10-5-6-13(12(3)11(10)2)16-14(18)15(9-17)7-4-8-15/h5-6,17H,4,7-9H2,1-3H3,(H,16,18). The van der Waals surface area contributed by atoms with Crippen LogP contribution in [0.1, 0.15) is 36.0 Å². The molecule has 1 aliphatic carbocycles. The average molecular weight is 247 g/mol. The summed E-state index contributed by atoms with van der Waals surface area (Å²) in [6, 6.07) is 3.96. The number of aryl methyl sites for hydroxylation is 1. The topological polar surface area (TPSA) is 49.3 Å². The Morgan fingerprint density at radius 2 is 1.94 bits per heavy atom. The van der Waals surface area contributed by atoms with Gasteiger partial charge < -0.3 is 10.4 Å². The van der Waals surface area contributed by atoms with E-state index in [0.717, 1.165) is 30.5 Å². The van der Waals surface area contributed by atoms with E-state index in [1.54, 1.807) is 0 Å². The first kappa shape index (κ1) is 13.1. The third-order valence-electron chi connectivity index (χ3n) is 4.40. The van der Waals surface area contributed by atoms with Crippen molar-refractivity contribution >= 4 is 11.6 Å². The van der Waals surface area contributed by atoms with Gasteiger partial charge in [0.1, 0.15) is 0 Å². The van der Waals surface area contributed by atoms with Crippen molar-refractivity contribution in [3.63, 3.8) is 0 Å². The van der Waals surface area contributed by atoms with E-state index in [9.17, 15) is 9.90 Å². The average Bonchev–Trinajstić information content (AvgIpc) is 2.29. The second-order valence-electron chi connectivity index (χ2n) is 5.43. The Bertz CT molecular complexity index is 470.